The van der Waals surface area contributed by atoms with E-state index in [1.165, 1.54) is 11.1 Å². The lowest BCUT2D eigenvalue weighted by Gasteiger charge is -2.22. The lowest BCUT2D eigenvalue weighted by Crippen LogP contribution is -2.18. The van der Waals surface area contributed by atoms with Gasteiger partial charge in [0.1, 0.15) is 0 Å². The number of hydrogen-bond acceptors (Lipinski definition) is 2. The zero-order valence-electron chi connectivity index (χ0n) is 11.2. The molecule has 0 saturated heterocycles. The Morgan fingerprint density at radius 2 is 1.79 bits per heavy atom. The van der Waals surface area contributed by atoms with E-state index in [1.54, 1.807) is 6.07 Å². The Kier molecular flexibility index (Phi) is 4.46. The van der Waals surface area contributed by atoms with Crippen LogP contribution in [0.1, 0.15) is 16.7 Å². The number of hydrogen-bond donors (Lipinski definition) is 1. The molecule has 2 aromatic carbocycles. The molecule has 0 radical (unpaired) electrons. The fourth-order valence-electron chi connectivity index (χ4n) is 2.08. The van der Waals surface area contributed by atoms with E-state index < -0.39 is 0 Å². The first-order valence-corrected chi connectivity index (χ1v) is 6.64. The molecule has 2 aromatic rings. The number of benzene rings is 2. The summed E-state index contributed by atoms with van der Waals surface area (Å²) in [5.74, 6) is 0. The molecule has 0 heterocycles. The summed E-state index contributed by atoms with van der Waals surface area (Å²) in [6.07, 6.45) is 0. The third kappa shape index (κ3) is 3.49. The van der Waals surface area contributed by atoms with Crippen LogP contribution in [0.15, 0.2) is 42.5 Å². The molecular formula is C16H18ClNO. The van der Waals surface area contributed by atoms with Crippen molar-refractivity contribution in [2.24, 2.45) is 0 Å². The maximum atomic E-state index is 9.39. The number of halogens is 1. The van der Waals surface area contributed by atoms with E-state index in [-0.39, 0.29) is 6.61 Å². The first-order chi connectivity index (χ1) is 9.10. The van der Waals surface area contributed by atoms with E-state index in [4.69, 9.17) is 11.6 Å². The monoisotopic (exact) mass is 275 g/mol. The first-order valence-electron chi connectivity index (χ1n) is 6.26. The maximum Gasteiger partial charge on any atom is 0.0702 e. The molecule has 0 aliphatic rings. The van der Waals surface area contributed by atoms with Crippen molar-refractivity contribution in [2.75, 3.05) is 11.9 Å². The Labute approximate surface area is 119 Å². The molecule has 0 atom stereocenters. The largest absolute Gasteiger partial charge is 0.392 e. The normalized spacial score (nSPS) is 10.5. The predicted octanol–water partition coefficient (Wildman–Crippen LogP) is 3.78. The number of rotatable bonds is 4. The van der Waals surface area contributed by atoms with Crippen molar-refractivity contribution in [3.8, 4) is 0 Å². The number of aliphatic hydroxyl groups excluding tert-OH is 1. The minimum Gasteiger partial charge on any atom is -0.392 e. The summed E-state index contributed by atoms with van der Waals surface area (Å²) < 4.78 is 0. The molecule has 100 valence electrons. The summed E-state index contributed by atoms with van der Waals surface area (Å²) in [7, 11) is 2.00. The highest BCUT2D eigenvalue weighted by Crippen LogP contribution is 2.25. The van der Waals surface area contributed by atoms with Gasteiger partial charge < -0.3 is 10.0 Å². The Morgan fingerprint density at radius 1 is 1.11 bits per heavy atom. The maximum absolute atomic E-state index is 9.39. The van der Waals surface area contributed by atoms with Gasteiger partial charge in [0.2, 0.25) is 0 Å². The standard InChI is InChI=1S/C16H18ClNO/c1-12-3-5-13(6-4-12)10-18(2)16-9-15(17)8-7-14(16)11-19/h3-9,19H,10-11H2,1-2H3. The Hall–Kier alpha value is -1.51. The molecule has 19 heavy (non-hydrogen) atoms. The number of anilines is 1. The van der Waals surface area contributed by atoms with Gasteiger partial charge in [-0.2, -0.15) is 0 Å². The van der Waals surface area contributed by atoms with E-state index in [2.05, 4.69) is 36.1 Å². The zero-order chi connectivity index (χ0) is 13.8. The minimum atomic E-state index is 0.0186. The van der Waals surface area contributed by atoms with Crippen molar-refractivity contribution in [3.05, 3.63) is 64.2 Å². The fourth-order valence-corrected chi connectivity index (χ4v) is 2.24. The second-order valence-corrected chi connectivity index (χ2v) is 5.21. The van der Waals surface area contributed by atoms with Crippen molar-refractivity contribution in [1.29, 1.82) is 0 Å². The second-order valence-electron chi connectivity index (χ2n) is 4.77. The van der Waals surface area contributed by atoms with Gasteiger partial charge >= 0.3 is 0 Å². The number of aryl methyl sites for hydroxylation is 1. The molecule has 0 unspecified atom stereocenters. The molecule has 0 amide bonds. The third-order valence-electron chi connectivity index (χ3n) is 3.17. The number of aliphatic hydroxyl groups is 1. The average Bonchev–Trinajstić information content (AvgIpc) is 2.41. The molecular weight excluding hydrogens is 258 g/mol. The van der Waals surface area contributed by atoms with Crippen LogP contribution in [-0.2, 0) is 13.2 Å². The van der Waals surface area contributed by atoms with Crippen molar-refractivity contribution >= 4 is 17.3 Å². The lowest BCUT2D eigenvalue weighted by molar-refractivity contribution is 0.282. The molecule has 0 fully saturated rings. The summed E-state index contributed by atoms with van der Waals surface area (Å²) >= 11 is 6.03. The van der Waals surface area contributed by atoms with E-state index in [1.807, 2.05) is 19.2 Å². The van der Waals surface area contributed by atoms with Crippen LogP contribution in [0.2, 0.25) is 5.02 Å². The van der Waals surface area contributed by atoms with Crippen LogP contribution in [0.25, 0.3) is 0 Å². The van der Waals surface area contributed by atoms with Gasteiger partial charge in [-0.25, -0.2) is 0 Å². The van der Waals surface area contributed by atoms with Gasteiger partial charge in [-0.05, 0) is 24.6 Å². The summed E-state index contributed by atoms with van der Waals surface area (Å²) in [4.78, 5) is 2.10. The van der Waals surface area contributed by atoms with Crippen LogP contribution >= 0.6 is 11.6 Å². The third-order valence-corrected chi connectivity index (χ3v) is 3.40. The minimum absolute atomic E-state index is 0.0186. The van der Waals surface area contributed by atoms with Gasteiger partial charge in [-0.3, -0.25) is 0 Å². The molecule has 1 N–H and O–H groups in total. The number of nitrogens with zero attached hydrogens (tertiary/aromatic N) is 1. The van der Waals surface area contributed by atoms with E-state index in [0.29, 0.717) is 5.02 Å². The SMILES string of the molecule is Cc1ccc(CN(C)c2cc(Cl)ccc2CO)cc1. The molecule has 0 aliphatic heterocycles. The average molecular weight is 276 g/mol. The molecule has 0 aliphatic carbocycles. The summed E-state index contributed by atoms with van der Waals surface area (Å²) in [6.45, 7) is 2.88. The highest BCUT2D eigenvalue weighted by molar-refractivity contribution is 6.30. The van der Waals surface area contributed by atoms with Crippen LogP contribution in [0, 0.1) is 6.92 Å². The van der Waals surface area contributed by atoms with Crippen LogP contribution < -0.4 is 4.90 Å². The Bertz CT molecular complexity index is 551. The summed E-state index contributed by atoms with van der Waals surface area (Å²) in [6, 6.07) is 14.0. The zero-order valence-corrected chi connectivity index (χ0v) is 12.0. The topological polar surface area (TPSA) is 23.5 Å². The van der Waals surface area contributed by atoms with E-state index in [9.17, 15) is 5.11 Å². The van der Waals surface area contributed by atoms with Gasteiger partial charge in [0.15, 0.2) is 0 Å². The molecule has 0 spiro atoms. The van der Waals surface area contributed by atoms with Gasteiger partial charge in [0.05, 0.1) is 6.61 Å². The molecule has 3 heteroatoms. The highest BCUT2D eigenvalue weighted by atomic mass is 35.5. The highest BCUT2D eigenvalue weighted by Gasteiger charge is 2.08. The van der Waals surface area contributed by atoms with Gasteiger partial charge in [-0.15, -0.1) is 0 Å². The molecule has 0 aromatic heterocycles. The van der Waals surface area contributed by atoms with Crippen molar-refractivity contribution in [3.63, 3.8) is 0 Å². The van der Waals surface area contributed by atoms with E-state index in [0.717, 1.165) is 17.8 Å². The summed E-state index contributed by atoms with van der Waals surface area (Å²) in [5, 5.41) is 10.1. The quantitative estimate of drug-likeness (QED) is 0.918. The Morgan fingerprint density at radius 3 is 2.42 bits per heavy atom. The van der Waals surface area contributed by atoms with E-state index >= 15 is 0 Å². The first kappa shape index (κ1) is 13.9. The van der Waals surface area contributed by atoms with Crippen molar-refractivity contribution in [2.45, 2.75) is 20.1 Å². The second kappa shape index (κ2) is 6.09. The molecule has 0 bridgehead atoms. The van der Waals surface area contributed by atoms with Crippen LogP contribution in [-0.4, -0.2) is 12.2 Å². The van der Waals surface area contributed by atoms with Crippen LogP contribution in [0.5, 0.6) is 0 Å². The molecule has 2 rings (SSSR count). The van der Waals surface area contributed by atoms with Crippen LogP contribution in [0.3, 0.4) is 0 Å². The smallest absolute Gasteiger partial charge is 0.0702 e. The van der Waals surface area contributed by atoms with Crippen molar-refractivity contribution in [1.82, 2.24) is 0 Å². The molecule has 2 nitrogen and oxygen atoms in total. The lowest BCUT2D eigenvalue weighted by atomic mass is 10.1. The molecule has 0 saturated carbocycles. The summed E-state index contributed by atoms with van der Waals surface area (Å²) in [5.41, 5.74) is 4.34. The Balaban J connectivity index is 2.21. The van der Waals surface area contributed by atoms with Gasteiger partial charge in [0.25, 0.3) is 0 Å². The van der Waals surface area contributed by atoms with Crippen molar-refractivity contribution < 1.29 is 5.11 Å². The predicted molar refractivity (Wildman–Crippen MR) is 80.7 cm³/mol. The van der Waals surface area contributed by atoms with Gasteiger partial charge in [0, 0.05) is 29.9 Å². The fraction of sp³-hybridized carbons (Fsp3) is 0.250. The van der Waals surface area contributed by atoms with Crippen LogP contribution in [0.4, 0.5) is 5.69 Å². The van der Waals surface area contributed by atoms with Gasteiger partial charge in [-0.1, -0.05) is 47.5 Å².